The van der Waals surface area contributed by atoms with Gasteiger partial charge < -0.3 is 5.11 Å². The highest BCUT2D eigenvalue weighted by molar-refractivity contribution is 5.84. The van der Waals surface area contributed by atoms with Crippen LogP contribution >= 0.6 is 0 Å². The summed E-state index contributed by atoms with van der Waals surface area (Å²) < 4.78 is 0. The van der Waals surface area contributed by atoms with Crippen LogP contribution in [0.25, 0.3) is 10.9 Å². The largest absolute Gasteiger partial charge is 0.481 e. The molecule has 0 aliphatic rings. The fourth-order valence-corrected chi connectivity index (χ4v) is 1.45. The first-order valence-corrected chi connectivity index (χ1v) is 4.69. The van der Waals surface area contributed by atoms with E-state index in [0.29, 0.717) is 0 Å². The van der Waals surface area contributed by atoms with Crippen molar-refractivity contribution in [3.05, 3.63) is 30.0 Å². The first-order chi connectivity index (χ1) is 7.01. The Hall–Kier alpha value is -1.84. The predicted molar refractivity (Wildman–Crippen MR) is 56.8 cm³/mol. The lowest BCUT2D eigenvalue weighted by molar-refractivity contribution is -0.142. The summed E-state index contributed by atoms with van der Waals surface area (Å²) in [5.74, 6) is -0.832. The van der Waals surface area contributed by atoms with Crippen molar-refractivity contribution >= 4 is 16.9 Å². The van der Waals surface area contributed by atoms with Crippen LogP contribution in [0.15, 0.2) is 24.4 Å². The summed E-state index contributed by atoms with van der Waals surface area (Å²) in [4.78, 5) is 11.1. The van der Waals surface area contributed by atoms with Crippen molar-refractivity contribution in [1.29, 1.82) is 0 Å². The highest BCUT2D eigenvalue weighted by Crippen LogP contribution is 2.25. The molecule has 0 saturated heterocycles. The van der Waals surface area contributed by atoms with Gasteiger partial charge in [-0.3, -0.25) is 9.89 Å². The van der Waals surface area contributed by atoms with Crippen molar-refractivity contribution in [2.24, 2.45) is 0 Å². The van der Waals surface area contributed by atoms with Crippen LogP contribution < -0.4 is 0 Å². The summed E-state index contributed by atoms with van der Waals surface area (Å²) in [7, 11) is 0. The molecule has 0 saturated carbocycles. The Morgan fingerprint density at radius 2 is 2.20 bits per heavy atom. The number of hydrogen-bond acceptors (Lipinski definition) is 2. The van der Waals surface area contributed by atoms with Crippen LogP contribution in [0.5, 0.6) is 0 Å². The number of aliphatic carboxylic acids is 1. The zero-order chi connectivity index (χ0) is 11.1. The fourth-order valence-electron chi connectivity index (χ4n) is 1.45. The van der Waals surface area contributed by atoms with Crippen LogP contribution in [0.1, 0.15) is 19.4 Å². The molecule has 15 heavy (non-hydrogen) atoms. The third kappa shape index (κ3) is 1.48. The van der Waals surface area contributed by atoms with Gasteiger partial charge in [0.05, 0.1) is 17.1 Å². The molecule has 0 aliphatic carbocycles. The summed E-state index contributed by atoms with van der Waals surface area (Å²) in [5.41, 5.74) is 0.757. The molecule has 0 atom stereocenters. The van der Waals surface area contributed by atoms with Gasteiger partial charge >= 0.3 is 5.97 Å². The minimum Gasteiger partial charge on any atom is -0.481 e. The number of aromatic amines is 1. The normalized spacial score (nSPS) is 11.9. The number of aromatic nitrogens is 2. The minimum absolute atomic E-state index is 0.770. The number of carboxylic acids is 1. The first kappa shape index (κ1) is 9.71. The predicted octanol–water partition coefficient (Wildman–Crippen LogP) is 1.93. The Balaban J connectivity index is 2.57. The van der Waals surface area contributed by atoms with Gasteiger partial charge in [0.1, 0.15) is 0 Å². The molecule has 0 fully saturated rings. The summed E-state index contributed by atoms with van der Waals surface area (Å²) in [6, 6.07) is 5.53. The molecule has 0 amide bonds. The van der Waals surface area contributed by atoms with E-state index in [4.69, 9.17) is 5.11 Å². The van der Waals surface area contributed by atoms with E-state index in [1.807, 2.05) is 18.2 Å². The van der Waals surface area contributed by atoms with Gasteiger partial charge in [-0.2, -0.15) is 5.10 Å². The van der Waals surface area contributed by atoms with Crippen molar-refractivity contribution < 1.29 is 9.90 Å². The van der Waals surface area contributed by atoms with Gasteiger partial charge in [0.2, 0.25) is 0 Å². The van der Waals surface area contributed by atoms with E-state index in [1.54, 1.807) is 20.0 Å². The Bertz CT molecular complexity index is 514. The number of benzene rings is 1. The number of hydrogen-bond donors (Lipinski definition) is 2. The van der Waals surface area contributed by atoms with Crippen molar-refractivity contribution in [2.75, 3.05) is 0 Å². The molecule has 2 aromatic rings. The second kappa shape index (κ2) is 3.08. The Morgan fingerprint density at radius 1 is 1.47 bits per heavy atom. The second-order valence-electron chi connectivity index (χ2n) is 4.10. The van der Waals surface area contributed by atoms with Crippen molar-refractivity contribution in [1.82, 2.24) is 10.2 Å². The molecule has 1 heterocycles. The highest BCUT2D eigenvalue weighted by Gasteiger charge is 2.29. The van der Waals surface area contributed by atoms with E-state index in [2.05, 4.69) is 10.2 Å². The minimum atomic E-state index is -0.876. The van der Waals surface area contributed by atoms with Crippen LogP contribution in [-0.4, -0.2) is 21.3 Å². The van der Waals surface area contributed by atoms with Gasteiger partial charge in [-0.15, -0.1) is 0 Å². The first-order valence-electron chi connectivity index (χ1n) is 4.69. The monoisotopic (exact) mass is 204 g/mol. The van der Waals surface area contributed by atoms with Crippen LogP contribution in [-0.2, 0) is 10.2 Å². The lowest BCUT2D eigenvalue weighted by Gasteiger charge is -2.19. The lowest BCUT2D eigenvalue weighted by atomic mass is 9.84. The molecule has 2 rings (SSSR count). The molecule has 0 bridgehead atoms. The van der Waals surface area contributed by atoms with Crippen molar-refractivity contribution in [3.8, 4) is 0 Å². The number of nitrogens with one attached hydrogen (secondary N) is 1. The molecule has 2 N–H and O–H groups in total. The molecule has 78 valence electrons. The van der Waals surface area contributed by atoms with Crippen molar-refractivity contribution in [3.63, 3.8) is 0 Å². The Labute approximate surface area is 86.9 Å². The van der Waals surface area contributed by atoms with Gasteiger partial charge in [-0.25, -0.2) is 0 Å². The number of fused-ring (bicyclic) bond motifs is 1. The van der Waals surface area contributed by atoms with Crippen LogP contribution in [0, 0.1) is 0 Å². The molecule has 0 spiro atoms. The van der Waals surface area contributed by atoms with E-state index in [1.165, 1.54) is 0 Å². The molecule has 0 unspecified atom stereocenters. The van der Waals surface area contributed by atoms with Crippen LogP contribution in [0.4, 0.5) is 0 Å². The number of H-pyrrole nitrogens is 1. The maximum Gasteiger partial charge on any atom is 0.313 e. The summed E-state index contributed by atoms with van der Waals surface area (Å²) in [5, 5.41) is 16.8. The molecule has 0 radical (unpaired) electrons. The van der Waals surface area contributed by atoms with Gasteiger partial charge in [-0.1, -0.05) is 12.1 Å². The zero-order valence-corrected chi connectivity index (χ0v) is 8.61. The van der Waals surface area contributed by atoms with Crippen molar-refractivity contribution in [2.45, 2.75) is 19.3 Å². The third-order valence-corrected chi connectivity index (χ3v) is 2.70. The molecule has 4 heteroatoms. The number of carboxylic acid groups (broad SMARTS) is 1. The maximum absolute atomic E-state index is 11.1. The molecule has 1 aromatic heterocycles. The summed E-state index contributed by atoms with van der Waals surface area (Å²) in [6.45, 7) is 3.37. The quantitative estimate of drug-likeness (QED) is 0.785. The van der Waals surface area contributed by atoms with Crippen LogP contribution in [0.3, 0.4) is 0 Å². The van der Waals surface area contributed by atoms with E-state index < -0.39 is 11.4 Å². The summed E-state index contributed by atoms with van der Waals surface area (Å²) >= 11 is 0. The van der Waals surface area contributed by atoms with Gasteiger partial charge in [-0.05, 0) is 25.5 Å². The Morgan fingerprint density at radius 3 is 2.87 bits per heavy atom. The average Bonchev–Trinajstić information content (AvgIpc) is 2.63. The standard InChI is InChI=1S/C11H12N2O2/c1-11(2,10(14)15)8-4-3-7-6-12-13-9(7)5-8/h3-6H,1-2H3,(H,12,13)(H,14,15). The smallest absolute Gasteiger partial charge is 0.313 e. The topological polar surface area (TPSA) is 66.0 Å². The number of rotatable bonds is 2. The van der Waals surface area contributed by atoms with Gasteiger partial charge in [0, 0.05) is 5.39 Å². The fraction of sp³-hybridized carbons (Fsp3) is 0.273. The van der Waals surface area contributed by atoms with E-state index in [9.17, 15) is 4.79 Å². The maximum atomic E-state index is 11.1. The zero-order valence-electron chi connectivity index (χ0n) is 8.61. The van der Waals surface area contributed by atoms with Crippen LogP contribution in [0.2, 0.25) is 0 Å². The van der Waals surface area contributed by atoms with Gasteiger partial charge in [0.15, 0.2) is 0 Å². The molecular weight excluding hydrogens is 192 g/mol. The Kier molecular flexibility index (Phi) is 2.00. The molecular formula is C11H12N2O2. The SMILES string of the molecule is CC(C)(C(=O)O)c1ccc2cn[nH]c2c1. The van der Waals surface area contributed by atoms with E-state index in [0.717, 1.165) is 16.5 Å². The summed E-state index contributed by atoms with van der Waals surface area (Å²) in [6.07, 6.45) is 1.72. The molecule has 1 aromatic carbocycles. The third-order valence-electron chi connectivity index (χ3n) is 2.70. The lowest BCUT2D eigenvalue weighted by Crippen LogP contribution is -2.28. The highest BCUT2D eigenvalue weighted by atomic mass is 16.4. The second-order valence-corrected chi connectivity index (χ2v) is 4.10. The number of nitrogens with zero attached hydrogens (tertiary/aromatic N) is 1. The number of carbonyl (C=O) groups is 1. The molecule has 0 aliphatic heterocycles. The van der Waals surface area contributed by atoms with E-state index in [-0.39, 0.29) is 0 Å². The van der Waals surface area contributed by atoms with Gasteiger partial charge in [0.25, 0.3) is 0 Å². The average molecular weight is 204 g/mol. The van der Waals surface area contributed by atoms with E-state index >= 15 is 0 Å². The molecule has 4 nitrogen and oxygen atoms in total.